The molecule has 0 radical (unpaired) electrons. The highest BCUT2D eigenvalue weighted by atomic mass is 32.1. The van der Waals surface area contributed by atoms with Gasteiger partial charge in [0.05, 0.1) is 10.8 Å². The molecule has 0 spiro atoms. The molecule has 4 unspecified atom stereocenters. The van der Waals surface area contributed by atoms with Gasteiger partial charge in [0.25, 0.3) is 0 Å². The van der Waals surface area contributed by atoms with Crippen molar-refractivity contribution in [2.45, 2.75) is 70.6 Å². The number of hydrogen-bond acceptors (Lipinski definition) is 5. The van der Waals surface area contributed by atoms with Crippen molar-refractivity contribution in [3.63, 3.8) is 0 Å². The van der Waals surface area contributed by atoms with Gasteiger partial charge in [-0.2, -0.15) is 4.99 Å². The van der Waals surface area contributed by atoms with Gasteiger partial charge < -0.3 is 9.64 Å². The van der Waals surface area contributed by atoms with Gasteiger partial charge in [0, 0.05) is 12.5 Å². The fraction of sp³-hybridized carbons (Fsp3) is 0.533. The van der Waals surface area contributed by atoms with Crippen LogP contribution in [0.2, 0.25) is 0 Å². The molecule has 36 heavy (non-hydrogen) atoms. The predicted molar refractivity (Wildman–Crippen MR) is 146 cm³/mol. The molecule has 0 amide bonds. The Morgan fingerprint density at radius 1 is 1.11 bits per heavy atom. The molecule has 1 saturated heterocycles. The minimum Gasteiger partial charge on any atom is -0.426 e. The van der Waals surface area contributed by atoms with Crippen LogP contribution in [0.1, 0.15) is 81.8 Å². The second-order valence-electron chi connectivity index (χ2n) is 10.6. The van der Waals surface area contributed by atoms with Crippen LogP contribution in [0.15, 0.2) is 47.5 Å². The van der Waals surface area contributed by atoms with Crippen molar-refractivity contribution in [3.8, 4) is 5.75 Å². The molecule has 2 aromatic carbocycles. The second kappa shape index (κ2) is 12.7. The number of unbranched alkanes of at least 4 members (excludes halogenated alkanes) is 1. The third-order valence-corrected chi connectivity index (χ3v) is 8.29. The Balaban J connectivity index is 1.26. The van der Waals surface area contributed by atoms with Crippen molar-refractivity contribution in [2.75, 3.05) is 19.6 Å². The third kappa shape index (κ3) is 6.88. The van der Waals surface area contributed by atoms with E-state index in [1.165, 1.54) is 18.4 Å². The maximum absolute atomic E-state index is 13.3. The van der Waals surface area contributed by atoms with Gasteiger partial charge in [0.2, 0.25) is 0 Å². The standard InChI is InChI=1S/C30H37FN2O2S/c1-21-14-17-33(16-5-7-27(21)23-8-10-25(31)11-9-23)15-4-3-6-24-18-30(34)35-29-19-26(32-20-36)12-13-28(29)22(24)2/h8-13,19,21-22,24,27H,3-7,14-18H2,1-2H3. The molecule has 4 atom stereocenters. The topological polar surface area (TPSA) is 41.9 Å². The molecule has 0 aromatic heterocycles. The Bertz CT molecular complexity index is 1080. The average molecular weight is 509 g/mol. The second-order valence-corrected chi connectivity index (χ2v) is 10.7. The van der Waals surface area contributed by atoms with E-state index in [0.717, 1.165) is 50.9 Å². The van der Waals surface area contributed by atoms with Gasteiger partial charge in [-0.3, -0.25) is 4.79 Å². The van der Waals surface area contributed by atoms with Crippen molar-refractivity contribution in [2.24, 2.45) is 16.8 Å². The van der Waals surface area contributed by atoms with Crippen LogP contribution in [0.25, 0.3) is 0 Å². The molecule has 0 saturated carbocycles. The number of thiocarbonyl (C=S) groups is 1. The number of nitrogens with zero attached hydrogens (tertiary/aromatic N) is 2. The third-order valence-electron chi connectivity index (χ3n) is 8.20. The van der Waals surface area contributed by atoms with Crippen molar-refractivity contribution < 1.29 is 13.9 Å². The van der Waals surface area contributed by atoms with E-state index >= 15 is 0 Å². The maximum Gasteiger partial charge on any atom is 0.311 e. The SMILES string of the molecule is CC1CCN(CCCCC2CC(=O)Oc3cc(N=C=S)ccc3C2C)CCCC1c1ccc(F)cc1. The fourth-order valence-corrected chi connectivity index (χ4v) is 6.07. The molecule has 2 aliphatic heterocycles. The van der Waals surface area contributed by atoms with Crippen LogP contribution in [-0.4, -0.2) is 35.7 Å². The molecule has 4 rings (SSSR count). The zero-order valence-electron chi connectivity index (χ0n) is 21.4. The molecule has 2 heterocycles. The molecule has 2 aromatic rings. The normalized spacial score (nSPS) is 25.0. The Kier molecular flexibility index (Phi) is 9.41. The first-order chi connectivity index (χ1) is 17.4. The lowest BCUT2D eigenvalue weighted by Crippen LogP contribution is -2.32. The highest BCUT2D eigenvalue weighted by Crippen LogP contribution is 2.41. The van der Waals surface area contributed by atoms with E-state index in [0.29, 0.717) is 29.7 Å². The first-order valence-electron chi connectivity index (χ1n) is 13.3. The summed E-state index contributed by atoms with van der Waals surface area (Å²) in [5.74, 6) is 1.92. The van der Waals surface area contributed by atoms with Gasteiger partial charge >= 0.3 is 5.97 Å². The van der Waals surface area contributed by atoms with Crippen molar-refractivity contribution in [1.29, 1.82) is 0 Å². The zero-order valence-corrected chi connectivity index (χ0v) is 22.2. The van der Waals surface area contributed by atoms with Gasteiger partial charge in [-0.05, 0) is 117 Å². The minimum absolute atomic E-state index is 0.159. The van der Waals surface area contributed by atoms with Gasteiger partial charge in [0.15, 0.2) is 0 Å². The highest BCUT2D eigenvalue weighted by Gasteiger charge is 2.29. The zero-order chi connectivity index (χ0) is 25.5. The number of halogens is 1. The van der Waals surface area contributed by atoms with Crippen LogP contribution in [0, 0.1) is 17.7 Å². The van der Waals surface area contributed by atoms with Gasteiger partial charge in [-0.15, -0.1) is 0 Å². The van der Waals surface area contributed by atoms with Crippen molar-refractivity contribution in [3.05, 3.63) is 59.4 Å². The number of esters is 1. The molecular formula is C30H37FN2O2S. The summed E-state index contributed by atoms with van der Waals surface area (Å²) in [5.41, 5.74) is 3.01. The van der Waals surface area contributed by atoms with Gasteiger partial charge in [-0.25, -0.2) is 4.39 Å². The Morgan fingerprint density at radius 2 is 1.92 bits per heavy atom. The molecule has 4 nitrogen and oxygen atoms in total. The van der Waals surface area contributed by atoms with Crippen LogP contribution in [0.4, 0.5) is 10.1 Å². The van der Waals surface area contributed by atoms with E-state index < -0.39 is 0 Å². The van der Waals surface area contributed by atoms with E-state index in [2.05, 4.69) is 28.9 Å². The van der Waals surface area contributed by atoms with Crippen LogP contribution >= 0.6 is 12.2 Å². The summed E-state index contributed by atoms with van der Waals surface area (Å²) in [7, 11) is 0. The van der Waals surface area contributed by atoms with Crippen molar-refractivity contribution in [1.82, 2.24) is 4.90 Å². The summed E-state index contributed by atoms with van der Waals surface area (Å²) in [5, 5.41) is 2.37. The monoisotopic (exact) mass is 508 g/mol. The minimum atomic E-state index is -0.164. The number of benzene rings is 2. The van der Waals surface area contributed by atoms with Crippen molar-refractivity contribution >= 4 is 29.0 Å². The molecule has 6 heteroatoms. The van der Waals surface area contributed by atoms with E-state index in [1.807, 2.05) is 24.3 Å². The number of fused-ring (bicyclic) bond motifs is 1. The summed E-state index contributed by atoms with van der Waals surface area (Å²) >= 11 is 4.70. The lowest BCUT2D eigenvalue weighted by Gasteiger charge is -2.32. The first kappa shape index (κ1) is 26.7. The Hall–Kier alpha value is -2.40. The van der Waals surface area contributed by atoms with Gasteiger partial charge in [0.1, 0.15) is 11.6 Å². The van der Waals surface area contributed by atoms with Crippen LogP contribution < -0.4 is 4.74 Å². The molecular weight excluding hydrogens is 471 g/mol. The number of rotatable bonds is 7. The summed E-state index contributed by atoms with van der Waals surface area (Å²) < 4.78 is 19.0. The lowest BCUT2D eigenvalue weighted by atomic mass is 9.81. The molecule has 0 bridgehead atoms. The molecule has 0 aliphatic carbocycles. The number of carbonyl (C=O) groups excluding carboxylic acids is 1. The van der Waals surface area contributed by atoms with E-state index in [1.54, 1.807) is 18.2 Å². The average Bonchev–Trinajstić information content (AvgIpc) is 2.97. The molecule has 1 fully saturated rings. The Morgan fingerprint density at radius 3 is 2.69 bits per heavy atom. The molecule has 2 aliphatic rings. The van der Waals surface area contributed by atoms with Crippen LogP contribution in [-0.2, 0) is 4.79 Å². The molecule has 192 valence electrons. The van der Waals surface area contributed by atoms with Gasteiger partial charge in [-0.1, -0.05) is 38.5 Å². The fourth-order valence-electron chi connectivity index (χ4n) is 5.96. The summed E-state index contributed by atoms with van der Waals surface area (Å²) in [6.07, 6.45) is 7.21. The smallest absolute Gasteiger partial charge is 0.311 e. The quantitative estimate of drug-likeness (QED) is 0.127. The lowest BCUT2D eigenvalue weighted by molar-refractivity contribution is -0.135. The number of isothiocyanates is 1. The highest BCUT2D eigenvalue weighted by molar-refractivity contribution is 7.78. The number of hydrogen-bond donors (Lipinski definition) is 0. The van der Waals surface area contributed by atoms with E-state index in [4.69, 9.17) is 17.0 Å². The Labute approximate surface area is 220 Å². The number of likely N-dealkylation sites (tertiary alicyclic amines) is 1. The number of carbonyl (C=O) groups is 1. The van der Waals surface area contributed by atoms with Crippen LogP contribution in [0.3, 0.4) is 0 Å². The summed E-state index contributed by atoms with van der Waals surface area (Å²) in [6, 6.07) is 12.8. The largest absolute Gasteiger partial charge is 0.426 e. The summed E-state index contributed by atoms with van der Waals surface area (Å²) in [4.78, 5) is 19.1. The van der Waals surface area contributed by atoms with Crippen LogP contribution in [0.5, 0.6) is 5.75 Å². The maximum atomic E-state index is 13.3. The number of aliphatic imine (C=N–C) groups is 1. The molecule has 0 N–H and O–H groups in total. The van der Waals surface area contributed by atoms with E-state index in [-0.39, 0.29) is 23.6 Å². The number of ether oxygens (including phenoxy) is 1. The van der Waals surface area contributed by atoms with E-state index in [9.17, 15) is 9.18 Å². The first-order valence-corrected chi connectivity index (χ1v) is 13.8. The summed E-state index contributed by atoms with van der Waals surface area (Å²) in [6.45, 7) is 7.88. The predicted octanol–water partition coefficient (Wildman–Crippen LogP) is 7.66.